The lowest BCUT2D eigenvalue weighted by Gasteiger charge is -2.18. The molecule has 1 unspecified atom stereocenters. The zero-order valence-electron chi connectivity index (χ0n) is 15.3. The smallest absolute Gasteiger partial charge is 0.303 e. The lowest BCUT2D eigenvalue weighted by molar-refractivity contribution is 0.250. The molecule has 0 aliphatic rings. The molecule has 0 bridgehead atoms. The van der Waals surface area contributed by atoms with Crippen LogP contribution in [0, 0.1) is 0 Å². The Hall–Kier alpha value is -1.07. The number of ether oxygens (including phenoxy) is 1. The van der Waals surface area contributed by atoms with E-state index in [1.807, 2.05) is 12.1 Å². The summed E-state index contributed by atoms with van der Waals surface area (Å²) in [4.78, 5) is 0. The van der Waals surface area contributed by atoms with Crippen molar-refractivity contribution in [2.24, 2.45) is 0 Å². The molecule has 0 aromatic heterocycles. The SMILES string of the molecule is CCCCCc1ccc(OC(CC)S(=O)(=O)O)c(CCCCC)c1. The Morgan fingerprint density at radius 2 is 1.62 bits per heavy atom. The highest BCUT2D eigenvalue weighted by Gasteiger charge is 2.23. The van der Waals surface area contributed by atoms with E-state index in [0.717, 1.165) is 44.1 Å². The van der Waals surface area contributed by atoms with Crippen LogP contribution < -0.4 is 4.74 Å². The second kappa shape index (κ2) is 10.7. The summed E-state index contributed by atoms with van der Waals surface area (Å²) in [5, 5.41) is 0. The van der Waals surface area contributed by atoms with Crippen LogP contribution in [0.2, 0.25) is 0 Å². The molecule has 1 N–H and O–H groups in total. The molecule has 0 aliphatic carbocycles. The van der Waals surface area contributed by atoms with E-state index in [1.54, 1.807) is 6.92 Å². The van der Waals surface area contributed by atoms with Gasteiger partial charge in [-0.05, 0) is 49.3 Å². The molecule has 0 fully saturated rings. The zero-order valence-corrected chi connectivity index (χ0v) is 16.1. The van der Waals surface area contributed by atoms with Crippen LogP contribution in [-0.2, 0) is 23.0 Å². The average Bonchev–Trinajstić information content (AvgIpc) is 2.53. The predicted molar refractivity (Wildman–Crippen MR) is 99.2 cm³/mol. The van der Waals surface area contributed by atoms with E-state index in [-0.39, 0.29) is 6.42 Å². The van der Waals surface area contributed by atoms with Crippen molar-refractivity contribution in [3.8, 4) is 5.75 Å². The van der Waals surface area contributed by atoms with Gasteiger partial charge < -0.3 is 4.74 Å². The summed E-state index contributed by atoms with van der Waals surface area (Å²) in [7, 11) is -4.21. The molecule has 1 rings (SSSR count). The van der Waals surface area contributed by atoms with Crippen molar-refractivity contribution in [3.63, 3.8) is 0 Å². The van der Waals surface area contributed by atoms with Crippen molar-refractivity contribution < 1.29 is 17.7 Å². The minimum Gasteiger partial charge on any atom is -0.472 e. The third kappa shape index (κ3) is 7.22. The Balaban J connectivity index is 2.94. The number of hydrogen-bond donors (Lipinski definition) is 1. The van der Waals surface area contributed by atoms with Crippen molar-refractivity contribution in [1.29, 1.82) is 0 Å². The minimum absolute atomic E-state index is 0.214. The summed E-state index contributed by atoms with van der Waals surface area (Å²) in [6, 6.07) is 6.00. The highest BCUT2D eigenvalue weighted by atomic mass is 32.2. The summed E-state index contributed by atoms with van der Waals surface area (Å²) in [6.07, 6.45) is 9.00. The largest absolute Gasteiger partial charge is 0.472 e. The molecule has 1 aromatic rings. The average molecular weight is 357 g/mol. The maximum Gasteiger partial charge on any atom is 0.303 e. The monoisotopic (exact) mass is 356 g/mol. The van der Waals surface area contributed by atoms with Gasteiger partial charge in [0, 0.05) is 0 Å². The second-order valence-electron chi connectivity index (χ2n) is 6.33. The van der Waals surface area contributed by atoms with Gasteiger partial charge in [0.05, 0.1) is 0 Å². The van der Waals surface area contributed by atoms with Gasteiger partial charge in [0.25, 0.3) is 0 Å². The molecule has 0 aliphatic heterocycles. The van der Waals surface area contributed by atoms with Crippen molar-refractivity contribution in [2.45, 2.75) is 84.0 Å². The van der Waals surface area contributed by atoms with Crippen LogP contribution in [0.3, 0.4) is 0 Å². The van der Waals surface area contributed by atoms with Crippen molar-refractivity contribution in [2.75, 3.05) is 0 Å². The molecule has 0 radical (unpaired) electrons. The van der Waals surface area contributed by atoms with E-state index in [2.05, 4.69) is 19.9 Å². The van der Waals surface area contributed by atoms with Gasteiger partial charge in [-0.25, -0.2) is 0 Å². The van der Waals surface area contributed by atoms with Crippen LogP contribution in [0.4, 0.5) is 0 Å². The quantitative estimate of drug-likeness (QED) is 0.415. The van der Waals surface area contributed by atoms with E-state index in [4.69, 9.17) is 4.74 Å². The van der Waals surface area contributed by atoms with Crippen LogP contribution in [0.1, 0.15) is 76.8 Å². The number of rotatable bonds is 12. The third-order valence-electron chi connectivity index (χ3n) is 4.17. The molecule has 1 atom stereocenters. The normalized spacial score (nSPS) is 13.0. The van der Waals surface area contributed by atoms with Crippen LogP contribution in [0.5, 0.6) is 5.75 Å². The maximum atomic E-state index is 11.4. The summed E-state index contributed by atoms with van der Waals surface area (Å²) in [5.74, 6) is 0.579. The Kier molecular flexibility index (Phi) is 9.37. The summed E-state index contributed by atoms with van der Waals surface area (Å²) < 4.78 is 37.7. The van der Waals surface area contributed by atoms with Gasteiger partial charge in [-0.15, -0.1) is 0 Å². The van der Waals surface area contributed by atoms with Crippen LogP contribution in [0.25, 0.3) is 0 Å². The summed E-state index contributed by atoms with van der Waals surface area (Å²) in [5.41, 5.74) is 1.11. The molecule has 0 heterocycles. The van der Waals surface area contributed by atoms with Crippen LogP contribution in [0.15, 0.2) is 18.2 Å². The standard InChI is InChI=1S/C19H32O4S/c1-4-7-9-11-16-13-14-18(17(15-16)12-10-8-5-2)23-19(6-3)24(20,21)22/h13-15,19H,4-12H2,1-3H3,(H,20,21,22). The van der Waals surface area contributed by atoms with E-state index in [1.165, 1.54) is 18.4 Å². The molecular weight excluding hydrogens is 324 g/mol. The van der Waals surface area contributed by atoms with Gasteiger partial charge in [0.2, 0.25) is 5.44 Å². The number of aryl methyl sites for hydroxylation is 2. The van der Waals surface area contributed by atoms with Gasteiger partial charge in [0.1, 0.15) is 5.75 Å². The van der Waals surface area contributed by atoms with E-state index in [0.29, 0.717) is 5.75 Å². The van der Waals surface area contributed by atoms with Crippen LogP contribution >= 0.6 is 0 Å². The van der Waals surface area contributed by atoms with E-state index in [9.17, 15) is 13.0 Å². The van der Waals surface area contributed by atoms with E-state index >= 15 is 0 Å². The lowest BCUT2D eigenvalue weighted by Crippen LogP contribution is -2.26. The fourth-order valence-electron chi connectivity index (χ4n) is 2.74. The molecule has 24 heavy (non-hydrogen) atoms. The van der Waals surface area contributed by atoms with Crippen molar-refractivity contribution in [1.82, 2.24) is 0 Å². The number of hydrogen-bond acceptors (Lipinski definition) is 3. The zero-order chi connectivity index (χ0) is 18.0. The first kappa shape index (κ1) is 21.0. The third-order valence-corrected chi connectivity index (χ3v) is 5.26. The fraction of sp³-hybridized carbons (Fsp3) is 0.684. The maximum absolute atomic E-state index is 11.4. The first-order valence-electron chi connectivity index (χ1n) is 9.17. The molecule has 5 heteroatoms. The Bertz CT molecular complexity index is 581. The summed E-state index contributed by atoms with van der Waals surface area (Å²) in [6.45, 7) is 6.03. The van der Waals surface area contributed by atoms with E-state index < -0.39 is 15.6 Å². The molecular formula is C19H32O4S. The number of unbranched alkanes of at least 4 members (excludes halogenated alkanes) is 4. The number of benzene rings is 1. The molecule has 4 nitrogen and oxygen atoms in total. The highest BCUT2D eigenvalue weighted by Crippen LogP contribution is 2.26. The molecule has 1 aromatic carbocycles. The minimum atomic E-state index is -4.21. The van der Waals surface area contributed by atoms with Gasteiger partial charge in [-0.2, -0.15) is 8.42 Å². The first-order valence-corrected chi connectivity index (χ1v) is 10.7. The summed E-state index contributed by atoms with van der Waals surface area (Å²) >= 11 is 0. The highest BCUT2D eigenvalue weighted by molar-refractivity contribution is 7.86. The Morgan fingerprint density at radius 3 is 2.17 bits per heavy atom. The topological polar surface area (TPSA) is 63.6 Å². The first-order chi connectivity index (χ1) is 11.4. The van der Waals surface area contributed by atoms with Gasteiger partial charge >= 0.3 is 10.1 Å². The van der Waals surface area contributed by atoms with Crippen LogP contribution in [-0.4, -0.2) is 18.4 Å². The molecule has 0 spiro atoms. The lowest BCUT2D eigenvalue weighted by atomic mass is 10.00. The Morgan fingerprint density at radius 1 is 1.00 bits per heavy atom. The Labute approximate surface area is 147 Å². The van der Waals surface area contributed by atoms with Gasteiger partial charge in [-0.1, -0.05) is 58.6 Å². The fourth-order valence-corrected chi connectivity index (χ4v) is 3.39. The van der Waals surface area contributed by atoms with Crippen molar-refractivity contribution >= 4 is 10.1 Å². The van der Waals surface area contributed by atoms with Gasteiger partial charge in [-0.3, -0.25) is 4.55 Å². The molecule has 138 valence electrons. The van der Waals surface area contributed by atoms with Gasteiger partial charge in [0.15, 0.2) is 0 Å². The molecule has 0 saturated heterocycles. The second-order valence-corrected chi connectivity index (χ2v) is 7.88. The van der Waals surface area contributed by atoms with Crippen molar-refractivity contribution in [3.05, 3.63) is 29.3 Å². The predicted octanol–water partition coefficient (Wildman–Crippen LogP) is 5.15. The molecule has 0 saturated carbocycles. The molecule has 0 amide bonds.